The van der Waals surface area contributed by atoms with Crippen molar-refractivity contribution in [2.45, 2.75) is 38.5 Å². The molecule has 0 bridgehead atoms. The first-order chi connectivity index (χ1) is 11.8. The van der Waals surface area contributed by atoms with Crippen molar-refractivity contribution in [3.05, 3.63) is 23.3 Å². The lowest BCUT2D eigenvalue weighted by Gasteiger charge is -2.21. The van der Waals surface area contributed by atoms with E-state index in [-0.39, 0.29) is 0 Å². The zero-order chi connectivity index (χ0) is 16.5. The Morgan fingerprint density at radius 2 is 1.88 bits per heavy atom. The van der Waals surface area contributed by atoms with Crippen LogP contribution in [0.15, 0.2) is 12.1 Å². The van der Waals surface area contributed by atoms with Crippen LogP contribution in [-0.4, -0.2) is 31.0 Å². The first-order valence-electron chi connectivity index (χ1n) is 8.86. The second kappa shape index (κ2) is 6.38. The molecule has 1 fully saturated rings. The van der Waals surface area contributed by atoms with E-state index in [2.05, 4.69) is 21.6 Å². The summed E-state index contributed by atoms with van der Waals surface area (Å²) in [6.45, 7) is 1.03. The van der Waals surface area contributed by atoms with Crippen LogP contribution in [0.2, 0.25) is 0 Å². The lowest BCUT2D eigenvalue weighted by molar-refractivity contribution is 0.355. The summed E-state index contributed by atoms with van der Waals surface area (Å²) < 4.78 is 10.9. The van der Waals surface area contributed by atoms with Gasteiger partial charge in [0, 0.05) is 24.1 Å². The SMILES string of the molecule is COc1cc2c(cc1OC)-c1[nH]nc(NCC3CCCCC3)c1C2. The number of hydrogen-bond donors (Lipinski definition) is 2. The quantitative estimate of drug-likeness (QED) is 0.744. The van der Waals surface area contributed by atoms with Crippen molar-refractivity contribution in [2.75, 3.05) is 26.1 Å². The van der Waals surface area contributed by atoms with E-state index in [0.717, 1.165) is 41.9 Å². The Labute approximate surface area is 142 Å². The summed E-state index contributed by atoms with van der Waals surface area (Å²) >= 11 is 0. The Bertz CT molecular complexity index is 732. The number of anilines is 1. The smallest absolute Gasteiger partial charge is 0.161 e. The number of aromatic nitrogens is 2. The summed E-state index contributed by atoms with van der Waals surface area (Å²) in [6.07, 6.45) is 7.70. The molecule has 0 atom stereocenters. The standard InChI is InChI=1S/C19H25N3O2/c1-23-16-9-13-8-15-18(14(13)10-17(16)24-2)21-22-19(15)20-11-12-6-4-3-5-7-12/h9-10,12H,3-8,11H2,1-2H3,(H2,20,21,22). The second-order valence-corrected chi connectivity index (χ2v) is 6.85. The molecule has 2 N–H and O–H groups in total. The molecule has 1 saturated carbocycles. The van der Waals surface area contributed by atoms with Gasteiger partial charge in [0.05, 0.1) is 19.9 Å². The van der Waals surface area contributed by atoms with Gasteiger partial charge in [-0.1, -0.05) is 19.3 Å². The fraction of sp³-hybridized carbons (Fsp3) is 0.526. The largest absolute Gasteiger partial charge is 0.493 e. The van der Waals surface area contributed by atoms with Gasteiger partial charge in [-0.2, -0.15) is 5.10 Å². The summed E-state index contributed by atoms with van der Waals surface area (Å²) in [4.78, 5) is 0. The molecule has 2 aliphatic carbocycles. The molecule has 0 saturated heterocycles. The number of hydrogen-bond acceptors (Lipinski definition) is 4. The molecule has 24 heavy (non-hydrogen) atoms. The van der Waals surface area contributed by atoms with Gasteiger partial charge in [0.2, 0.25) is 0 Å². The number of rotatable bonds is 5. The highest BCUT2D eigenvalue weighted by atomic mass is 16.5. The summed E-state index contributed by atoms with van der Waals surface area (Å²) in [5.41, 5.74) is 4.80. The van der Waals surface area contributed by atoms with E-state index in [1.54, 1.807) is 14.2 Å². The van der Waals surface area contributed by atoms with E-state index in [0.29, 0.717) is 0 Å². The maximum Gasteiger partial charge on any atom is 0.161 e. The Balaban J connectivity index is 1.55. The third-order valence-corrected chi connectivity index (χ3v) is 5.40. The van der Waals surface area contributed by atoms with E-state index in [1.807, 2.05) is 6.07 Å². The summed E-state index contributed by atoms with van der Waals surface area (Å²) in [5.74, 6) is 3.33. The van der Waals surface area contributed by atoms with Crippen molar-refractivity contribution in [2.24, 2.45) is 5.92 Å². The first-order valence-corrected chi connectivity index (χ1v) is 8.86. The lowest BCUT2D eigenvalue weighted by Crippen LogP contribution is -2.17. The summed E-state index contributed by atoms with van der Waals surface area (Å²) in [5, 5.41) is 11.3. The average molecular weight is 327 g/mol. The molecule has 2 aliphatic rings. The molecule has 1 aromatic heterocycles. The number of aromatic amines is 1. The minimum atomic E-state index is 0.760. The maximum atomic E-state index is 5.44. The molecule has 0 spiro atoms. The maximum absolute atomic E-state index is 5.44. The van der Waals surface area contributed by atoms with Crippen LogP contribution in [0.4, 0.5) is 5.82 Å². The number of nitrogens with zero attached hydrogens (tertiary/aromatic N) is 1. The third kappa shape index (κ3) is 2.62. The first kappa shape index (κ1) is 15.4. The van der Waals surface area contributed by atoms with Crippen LogP contribution in [0.5, 0.6) is 11.5 Å². The molecular weight excluding hydrogens is 302 g/mol. The van der Waals surface area contributed by atoms with Crippen molar-refractivity contribution < 1.29 is 9.47 Å². The average Bonchev–Trinajstić information content (AvgIpc) is 3.18. The number of fused-ring (bicyclic) bond motifs is 3. The Morgan fingerprint density at radius 1 is 1.12 bits per heavy atom. The monoisotopic (exact) mass is 327 g/mol. The van der Waals surface area contributed by atoms with Gasteiger partial charge in [-0.15, -0.1) is 0 Å². The predicted octanol–water partition coefficient (Wildman–Crippen LogP) is 3.99. The van der Waals surface area contributed by atoms with Crippen molar-refractivity contribution in [3.8, 4) is 22.8 Å². The van der Waals surface area contributed by atoms with E-state index in [1.165, 1.54) is 48.8 Å². The van der Waals surface area contributed by atoms with Crippen LogP contribution < -0.4 is 14.8 Å². The van der Waals surface area contributed by atoms with E-state index in [9.17, 15) is 0 Å². The summed E-state index contributed by atoms with van der Waals surface area (Å²) in [6, 6.07) is 4.12. The van der Waals surface area contributed by atoms with Crippen LogP contribution in [0.25, 0.3) is 11.3 Å². The van der Waals surface area contributed by atoms with Gasteiger partial charge in [0.25, 0.3) is 0 Å². The van der Waals surface area contributed by atoms with Gasteiger partial charge in [-0.05, 0) is 36.5 Å². The molecule has 5 heteroatoms. The molecule has 4 rings (SSSR count). The molecule has 0 radical (unpaired) electrons. The molecule has 128 valence electrons. The van der Waals surface area contributed by atoms with Crippen LogP contribution in [0.1, 0.15) is 43.2 Å². The van der Waals surface area contributed by atoms with E-state index < -0.39 is 0 Å². The van der Waals surface area contributed by atoms with Crippen LogP contribution in [0.3, 0.4) is 0 Å². The number of ether oxygens (including phenoxy) is 2. The molecule has 2 aromatic rings. The normalized spacial score (nSPS) is 16.6. The molecular formula is C19H25N3O2. The predicted molar refractivity (Wildman–Crippen MR) is 95.0 cm³/mol. The fourth-order valence-corrected chi connectivity index (χ4v) is 4.03. The topological polar surface area (TPSA) is 59.2 Å². The highest BCUT2D eigenvalue weighted by molar-refractivity contribution is 5.80. The number of nitrogens with one attached hydrogen (secondary N) is 2. The van der Waals surface area contributed by atoms with E-state index in [4.69, 9.17) is 9.47 Å². The number of H-pyrrole nitrogens is 1. The molecule has 0 aliphatic heterocycles. The Kier molecular flexibility index (Phi) is 4.08. The van der Waals surface area contributed by atoms with Gasteiger partial charge in [-0.3, -0.25) is 5.10 Å². The Hall–Kier alpha value is -2.17. The Morgan fingerprint density at radius 3 is 2.62 bits per heavy atom. The molecule has 0 unspecified atom stereocenters. The number of benzene rings is 1. The zero-order valence-electron chi connectivity index (χ0n) is 14.4. The van der Waals surface area contributed by atoms with Crippen LogP contribution >= 0.6 is 0 Å². The molecule has 1 heterocycles. The van der Waals surface area contributed by atoms with Gasteiger partial charge < -0.3 is 14.8 Å². The van der Waals surface area contributed by atoms with Gasteiger partial charge in [-0.25, -0.2) is 0 Å². The minimum absolute atomic E-state index is 0.760. The highest BCUT2D eigenvalue weighted by Crippen LogP contribution is 2.44. The number of methoxy groups -OCH3 is 2. The second-order valence-electron chi connectivity index (χ2n) is 6.85. The zero-order valence-corrected chi connectivity index (χ0v) is 14.4. The van der Waals surface area contributed by atoms with Crippen LogP contribution in [-0.2, 0) is 6.42 Å². The third-order valence-electron chi connectivity index (χ3n) is 5.40. The van der Waals surface area contributed by atoms with Crippen LogP contribution in [0, 0.1) is 5.92 Å². The highest BCUT2D eigenvalue weighted by Gasteiger charge is 2.27. The van der Waals surface area contributed by atoms with Gasteiger partial charge in [0.1, 0.15) is 0 Å². The summed E-state index contributed by atoms with van der Waals surface area (Å²) in [7, 11) is 3.35. The van der Waals surface area contributed by atoms with Crippen molar-refractivity contribution in [3.63, 3.8) is 0 Å². The lowest BCUT2D eigenvalue weighted by atomic mass is 9.89. The fourth-order valence-electron chi connectivity index (χ4n) is 4.03. The van der Waals surface area contributed by atoms with E-state index >= 15 is 0 Å². The van der Waals surface area contributed by atoms with Crippen molar-refractivity contribution in [1.29, 1.82) is 0 Å². The molecule has 0 amide bonds. The molecule has 1 aromatic carbocycles. The van der Waals surface area contributed by atoms with Crippen molar-refractivity contribution in [1.82, 2.24) is 10.2 Å². The van der Waals surface area contributed by atoms with Gasteiger partial charge in [0.15, 0.2) is 17.3 Å². The molecule has 5 nitrogen and oxygen atoms in total. The van der Waals surface area contributed by atoms with Crippen molar-refractivity contribution >= 4 is 5.82 Å². The van der Waals surface area contributed by atoms with Gasteiger partial charge >= 0.3 is 0 Å². The minimum Gasteiger partial charge on any atom is -0.493 e.